The summed E-state index contributed by atoms with van der Waals surface area (Å²) in [6.45, 7) is 0. The van der Waals surface area contributed by atoms with Crippen LogP contribution in [0.15, 0.2) is 12.3 Å². The molecule has 2 heterocycles. The van der Waals surface area contributed by atoms with Crippen LogP contribution in [0.1, 0.15) is 75.8 Å². The highest BCUT2D eigenvalue weighted by Gasteiger charge is 2.26. The molecule has 0 bridgehead atoms. The third-order valence-electron chi connectivity index (χ3n) is 5.61. The van der Waals surface area contributed by atoms with Crippen LogP contribution in [0.3, 0.4) is 0 Å². The van der Waals surface area contributed by atoms with Gasteiger partial charge in [-0.15, -0.1) is 0 Å². The molecule has 4 rings (SSSR count). The second kappa shape index (κ2) is 7.13. The Hall–Kier alpha value is -0.930. The zero-order chi connectivity index (χ0) is 16.5. The molecule has 24 heavy (non-hydrogen) atoms. The number of nitrogens with one attached hydrogen (secondary N) is 1. The zero-order valence-corrected chi connectivity index (χ0v) is 15.5. The van der Waals surface area contributed by atoms with Crippen molar-refractivity contribution in [2.45, 2.75) is 76.2 Å². The second-order valence-corrected chi connectivity index (χ2v) is 8.20. The molecule has 130 valence electrons. The van der Waals surface area contributed by atoms with E-state index >= 15 is 0 Å². The molecule has 2 aliphatic rings. The number of hydrogen-bond donors (Lipinski definition) is 1. The fourth-order valence-corrected chi connectivity index (χ4v) is 4.85. The van der Waals surface area contributed by atoms with Crippen LogP contribution in [0.2, 0.25) is 10.0 Å². The third kappa shape index (κ3) is 3.25. The number of halogens is 2. The molecule has 3 nitrogen and oxygen atoms in total. The molecule has 2 aromatic heterocycles. The van der Waals surface area contributed by atoms with E-state index in [-0.39, 0.29) is 0 Å². The molecule has 0 aliphatic heterocycles. The Labute approximate surface area is 153 Å². The van der Waals surface area contributed by atoms with Crippen LogP contribution >= 0.6 is 23.2 Å². The molecule has 0 atom stereocenters. The second-order valence-electron chi connectivity index (χ2n) is 7.36. The largest absolute Gasteiger partial charge is 0.367 e. The number of fused-ring (bicyclic) bond motifs is 1. The van der Waals surface area contributed by atoms with Crippen molar-refractivity contribution in [2.75, 3.05) is 5.32 Å². The molecule has 0 saturated heterocycles. The predicted molar refractivity (Wildman–Crippen MR) is 102 cm³/mol. The van der Waals surface area contributed by atoms with Gasteiger partial charge in [-0.05, 0) is 31.7 Å². The van der Waals surface area contributed by atoms with Gasteiger partial charge < -0.3 is 5.32 Å². The number of pyridine rings is 1. The van der Waals surface area contributed by atoms with Crippen LogP contribution in [-0.2, 0) is 0 Å². The van der Waals surface area contributed by atoms with Gasteiger partial charge in [0.05, 0.1) is 15.7 Å². The zero-order valence-electron chi connectivity index (χ0n) is 14.0. The Kier molecular flexibility index (Phi) is 4.91. The van der Waals surface area contributed by atoms with Gasteiger partial charge >= 0.3 is 0 Å². The summed E-state index contributed by atoms with van der Waals surface area (Å²) in [6.07, 6.45) is 14.8. The summed E-state index contributed by atoms with van der Waals surface area (Å²) >= 11 is 12.7. The molecule has 2 aliphatic carbocycles. The van der Waals surface area contributed by atoms with Crippen molar-refractivity contribution in [3.05, 3.63) is 28.0 Å². The minimum Gasteiger partial charge on any atom is -0.367 e. The Morgan fingerprint density at radius 3 is 2.33 bits per heavy atom. The summed E-state index contributed by atoms with van der Waals surface area (Å²) in [5, 5.41) is 5.10. The van der Waals surface area contributed by atoms with Crippen molar-refractivity contribution < 1.29 is 0 Å². The number of nitrogens with zero attached hydrogens (tertiary/aromatic N) is 2. The molecule has 5 heteroatoms. The van der Waals surface area contributed by atoms with Crippen molar-refractivity contribution in [3.63, 3.8) is 0 Å². The maximum atomic E-state index is 6.43. The van der Waals surface area contributed by atoms with E-state index in [2.05, 4.69) is 9.72 Å². The first-order valence-corrected chi connectivity index (χ1v) is 10.1. The van der Waals surface area contributed by atoms with E-state index in [0.717, 1.165) is 11.5 Å². The lowest BCUT2D eigenvalue weighted by molar-refractivity contribution is 0.435. The van der Waals surface area contributed by atoms with Gasteiger partial charge in [-0.3, -0.25) is 4.40 Å². The van der Waals surface area contributed by atoms with Gasteiger partial charge in [0.15, 0.2) is 5.65 Å². The molecule has 0 aromatic carbocycles. The third-order valence-corrected chi connectivity index (χ3v) is 6.09. The molecule has 0 spiro atoms. The van der Waals surface area contributed by atoms with Crippen LogP contribution < -0.4 is 5.32 Å². The lowest BCUT2D eigenvalue weighted by Crippen LogP contribution is -2.24. The van der Waals surface area contributed by atoms with E-state index in [4.69, 9.17) is 28.2 Å². The predicted octanol–water partition coefficient (Wildman–Crippen LogP) is 6.43. The number of anilines is 1. The summed E-state index contributed by atoms with van der Waals surface area (Å²) in [6, 6.07) is 2.33. The maximum absolute atomic E-state index is 6.43. The van der Waals surface area contributed by atoms with Crippen LogP contribution in [-0.4, -0.2) is 15.4 Å². The van der Waals surface area contributed by atoms with Crippen LogP contribution in [0, 0.1) is 0 Å². The number of imidazole rings is 1. The van der Waals surface area contributed by atoms with E-state index in [1.54, 1.807) is 6.07 Å². The monoisotopic (exact) mass is 365 g/mol. The Morgan fingerprint density at radius 1 is 0.958 bits per heavy atom. The van der Waals surface area contributed by atoms with Gasteiger partial charge in [-0.25, -0.2) is 4.98 Å². The summed E-state index contributed by atoms with van der Waals surface area (Å²) < 4.78 is 2.09. The lowest BCUT2D eigenvalue weighted by Gasteiger charge is -2.26. The Bertz CT molecular complexity index is 713. The van der Waals surface area contributed by atoms with Crippen molar-refractivity contribution >= 4 is 34.7 Å². The SMILES string of the molecule is Clc1cc(Cl)c2nc(C3CCCCC3)c(NC3CCCCC3)n2c1. The molecular weight excluding hydrogens is 341 g/mol. The fraction of sp³-hybridized carbons (Fsp3) is 0.632. The summed E-state index contributed by atoms with van der Waals surface area (Å²) in [4.78, 5) is 4.95. The Balaban J connectivity index is 1.76. The average molecular weight is 366 g/mol. The van der Waals surface area contributed by atoms with Gasteiger partial charge in [0.25, 0.3) is 0 Å². The van der Waals surface area contributed by atoms with Crippen LogP contribution in [0.4, 0.5) is 5.82 Å². The normalized spacial score (nSPS) is 20.6. The minimum absolute atomic E-state index is 0.541. The number of hydrogen-bond acceptors (Lipinski definition) is 2. The molecule has 2 saturated carbocycles. The van der Waals surface area contributed by atoms with Crippen LogP contribution in [0.25, 0.3) is 5.65 Å². The van der Waals surface area contributed by atoms with Gasteiger partial charge in [-0.2, -0.15) is 0 Å². The van der Waals surface area contributed by atoms with E-state index in [9.17, 15) is 0 Å². The smallest absolute Gasteiger partial charge is 0.157 e. The van der Waals surface area contributed by atoms with E-state index in [1.165, 1.54) is 69.9 Å². The van der Waals surface area contributed by atoms with Gasteiger partial charge in [0.2, 0.25) is 0 Å². The molecular formula is C19H25Cl2N3. The highest BCUT2D eigenvalue weighted by Crippen LogP contribution is 2.39. The highest BCUT2D eigenvalue weighted by molar-refractivity contribution is 6.36. The lowest BCUT2D eigenvalue weighted by atomic mass is 9.86. The fourth-order valence-electron chi connectivity index (χ4n) is 4.34. The quantitative estimate of drug-likeness (QED) is 0.678. The first kappa shape index (κ1) is 16.5. The highest BCUT2D eigenvalue weighted by atomic mass is 35.5. The standard InChI is InChI=1S/C19H25Cl2N3/c20-14-11-16(21)18-23-17(13-7-3-1-4-8-13)19(24(18)12-14)22-15-9-5-2-6-10-15/h11-13,15,22H,1-10H2. The molecule has 1 N–H and O–H groups in total. The van der Waals surface area contributed by atoms with Crippen LogP contribution in [0.5, 0.6) is 0 Å². The Morgan fingerprint density at radius 2 is 1.62 bits per heavy atom. The number of aromatic nitrogens is 2. The first-order valence-electron chi connectivity index (χ1n) is 9.36. The van der Waals surface area contributed by atoms with E-state index in [1.807, 2.05) is 6.20 Å². The van der Waals surface area contributed by atoms with E-state index in [0.29, 0.717) is 22.0 Å². The topological polar surface area (TPSA) is 29.3 Å². The molecule has 2 fully saturated rings. The first-order chi connectivity index (χ1) is 11.7. The summed E-state index contributed by atoms with van der Waals surface area (Å²) in [7, 11) is 0. The molecule has 2 aromatic rings. The van der Waals surface area contributed by atoms with Gasteiger partial charge in [0, 0.05) is 18.2 Å². The van der Waals surface area contributed by atoms with Crippen molar-refractivity contribution in [2.24, 2.45) is 0 Å². The number of rotatable bonds is 3. The summed E-state index contributed by atoms with van der Waals surface area (Å²) in [5.74, 6) is 1.67. The van der Waals surface area contributed by atoms with Crippen molar-refractivity contribution in [1.29, 1.82) is 0 Å². The molecule has 0 unspecified atom stereocenters. The van der Waals surface area contributed by atoms with E-state index < -0.39 is 0 Å². The average Bonchev–Trinajstić information content (AvgIpc) is 2.95. The van der Waals surface area contributed by atoms with Crippen molar-refractivity contribution in [3.8, 4) is 0 Å². The molecule has 0 amide bonds. The van der Waals surface area contributed by atoms with Gasteiger partial charge in [-0.1, -0.05) is 61.7 Å². The minimum atomic E-state index is 0.541. The maximum Gasteiger partial charge on any atom is 0.157 e. The molecule has 0 radical (unpaired) electrons. The van der Waals surface area contributed by atoms with Crippen molar-refractivity contribution in [1.82, 2.24) is 9.38 Å². The summed E-state index contributed by atoms with van der Waals surface area (Å²) in [5.41, 5.74) is 2.03. The van der Waals surface area contributed by atoms with Gasteiger partial charge in [0.1, 0.15) is 5.82 Å².